The van der Waals surface area contributed by atoms with E-state index in [4.69, 9.17) is 16.3 Å². The maximum Gasteiger partial charge on any atom is 0.251 e. The van der Waals surface area contributed by atoms with Crippen molar-refractivity contribution in [3.63, 3.8) is 0 Å². The lowest BCUT2D eigenvalue weighted by Gasteiger charge is -2.39. The monoisotopic (exact) mass is 320 g/mol. The van der Waals surface area contributed by atoms with Gasteiger partial charge < -0.3 is 15.0 Å². The Balaban J connectivity index is 1.43. The zero-order valence-electron chi connectivity index (χ0n) is 12.6. The summed E-state index contributed by atoms with van der Waals surface area (Å²) in [7, 11) is 0. The molecule has 3 atom stereocenters. The van der Waals surface area contributed by atoms with Gasteiger partial charge in [-0.1, -0.05) is 11.6 Å². The summed E-state index contributed by atoms with van der Waals surface area (Å²) in [5.41, 5.74) is 1.69. The second-order valence-electron chi connectivity index (χ2n) is 6.54. The van der Waals surface area contributed by atoms with Crippen LogP contribution in [0.15, 0.2) is 18.2 Å². The number of nitrogens with one attached hydrogen (secondary N) is 1. The first kappa shape index (κ1) is 14.3. The molecule has 1 saturated carbocycles. The van der Waals surface area contributed by atoms with Crippen molar-refractivity contribution in [3.05, 3.63) is 28.8 Å². The minimum atomic E-state index is -0.0229. The van der Waals surface area contributed by atoms with E-state index in [2.05, 4.69) is 10.2 Å². The number of carbonyl (C=O) groups is 1. The molecule has 22 heavy (non-hydrogen) atoms. The summed E-state index contributed by atoms with van der Waals surface area (Å²) >= 11 is 6.39. The molecule has 4 nitrogen and oxygen atoms in total. The molecule has 5 heteroatoms. The maximum absolute atomic E-state index is 12.4. The van der Waals surface area contributed by atoms with Gasteiger partial charge >= 0.3 is 0 Å². The average molecular weight is 321 g/mol. The van der Waals surface area contributed by atoms with Gasteiger partial charge in [0.15, 0.2) is 0 Å². The Hall–Kier alpha value is -1.26. The number of halogens is 1. The van der Waals surface area contributed by atoms with Gasteiger partial charge in [0.1, 0.15) is 0 Å². The maximum atomic E-state index is 12.4. The second kappa shape index (κ2) is 5.74. The van der Waals surface area contributed by atoms with Gasteiger partial charge in [-0.25, -0.2) is 0 Å². The van der Waals surface area contributed by atoms with E-state index in [1.54, 1.807) is 6.07 Å². The lowest BCUT2D eigenvalue weighted by atomic mass is 9.76. The molecule has 2 heterocycles. The summed E-state index contributed by atoms with van der Waals surface area (Å²) in [6, 6.07) is 5.92. The molecule has 0 bridgehead atoms. The lowest BCUT2D eigenvalue weighted by Crippen LogP contribution is -2.53. The van der Waals surface area contributed by atoms with Crippen LogP contribution < -0.4 is 10.2 Å². The molecular weight excluding hydrogens is 300 g/mol. The Kier molecular flexibility index (Phi) is 3.74. The molecule has 0 unspecified atom stereocenters. The second-order valence-corrected chi connectivity index (χ2v) is 6.94. The molecule has 0 aromatic heterocycles. The molecular formula is C17H21ClN2O2. The van der Waals surface area contributed by atoms with Gasteiger partial charge in [-0.3, -0.25) is 4.79 Å². The SMILES string of the molecule is O=C(N[C@H]1C[C@@H]2OCC[C@H]12)c1ccc(N2CCCC2)c(Cl)c1. The fraction of sp³-hybridized carbons (Fsp3) is 0.588. The van der Waals surface area contributed by atoms with E-state index < -0.39 is 0 Å². The minimum absolute atomic E-state index is 0.0229. The van der Waals surface area contributed by atoms with Crippen LogP contribution in [0.1, 0.15) is 36.0 Å². The van der Waals surface area contributed by atoms with E-state index in [1.807, 2.05) is 12.1 Å². The highest BCUT2D eigenvalue weighted by molar-refractivity contribution is 6.33. The highest BCUT2D eigenvalue weighted by Crippen LogP contribution is 2.38. The Labute approximate surface area is 135 Å². The third-order valence-corrected chi connectivity index (χ3v) is 5.54. The first-order valence-electron chi connectivity index (χ1n) is 8.19. The highest BCUT2D eigenvalue weighted by Gasteiger charge is 2.45. The van der Waals surface area contributed by atoms with Gasteiger partial charge in [-0.05, 0) is 43.9 Å². The topological polar surface area (TPSA) is 41.6 Å². The predicted molar refractivity (Wildman–Crippen MR) is 86.6 cm³/mol. The summed E-state index contributed by atoms with van der Waals surface area (Å²) in [5.74, 6) is 0.480. The molecule has 2 saturated heterocycles. The molecule has 4 rings (SSSR count). The molecule has 0 spiro atoms. The highest BCUT2D eigenvalue weighted by atomic mass is 35.5. The van der Waals surface area contributed by atoms with Crippen molar-refractivity contribution in [3.8, 4) is 0 Å². The van der Waals surface area contributed by atoms with Crippen LogP contribution in [0.25, 0.3) is 0 Å². The van der Waals surface area contributed by atoms with Gasteiger partial charge in [0.25, 0.3) is 5.91 Å². The third-order valence-electron chi connectivity index (χ3n) is 5.24. The Morgan fingerprint density at radius 1 is 1.32 bits per heavy atom. The summed E-state index contributed by atoms with van der Waals surface area (Å²) < 4.78 is 5.58. The van der Waals surface area contributed by atoms with Crippen LogP contribution in [0.2, 0.25) is 5.02 Å². The fourth-order valence-electron chi connectivity index (χ4n) is 3.88. The largest absolute Gasteiger partial charge is 0.378 e. The zero-order chi connectivity index (χ0) is 15.1. The predicted octanol–water partition coefficient (Wildman–Crippen LogP) is 2.85. The van der Waals surface area contributed by atoms with Crippen molar-refractivity contribution in [2.45, 2.75) is 37.8 Å². The summed E-state index contributed by atoms with van der Waals surface area (Å²) in [6.45, 7) is 2.94. The number of carbonyl (C=O) groups excluding carboxylic acids is 1. The van der Waals surface area contributed by atoms with E-state index in [1.165, 1.54) is 12.8 Å². The summed E-state index contributed by atoms with van der Waals surface area (Å²) in [4.78, 5) is 14.7. The average Bonchev–Trinajstić information content (AvgIpc) is 3.14. The Morgan fingerprint density at radius 3 is 2.86 bits per heavy atom. The normalized spacial score (nSPS) is 30.0. The molecule has 1 aromatic rings. The number of fused-ring (bicyclic) bond motifs is 1. The molecule has 3 aliphatic rings. The number of nitrogens with zero attached hydrogens (tertiary/aromatic N) is 1. The van der Waals surface area contributed by atoms with E-state index in [0.29, 0.717) is 22.6 Å². The van der Waals surface area contributed by atoms with Crippen LogP contribution in [-0.2, 0) is 4.74 Å². The molecule has 1 amide bonds. The zero-order valence-corrected chi connectivity index (χ0v) is 13.3. The van der Waals surface area contributed by atoms with Gasteiger partial charge in [0, 0.05) is 37.2 Å². The summed E-state index contributed by atoms with van der Waals surface area (Å²) in [5, 5.41) is 3.80. The van der Waals surface area contributed by atoms with Crippen LogP contribution in [0.3, 0.4) is 0 Å². The van der Waals surface area contributed by atoms with Crippen molar-refractivity contribution < 1.29 is 9.53 Å². The number of benzene rings is 1. The van der Waals surface area contributed by atoms with Crippen LogP contribution in [0, 0.1) is 5.92 Å². The molecule has 1 aromatic carbocycles. The van der Waals surface area contributed by atoms with Crippen LogP contribution in [0.5, 0.6) is 0 Å². The van der Waals surface area contributed by atoms with Crippen molar-refractivity contribution >= 4 is 23.2 Å². The Bertz CT molecular complexity index is 586. The van der Waals surface area contributed by atoms with Gasteiger partial charge in [0.2, 0.25) is 0 Å². The van der Waals surface area contributed by atoms with Crippen molar-refractivity contribution in [2.24, 2.45) is 5.92 Å². The molecule has 118 valence electrons. The Morgan fingerprint density at radius 2 is 2.14 bits per heavy atom. The molecule has 2 aliphatic heterocycles. The number of hydrogen-bond acceptors (Lipinski definition) is 3. The van der Waals surface area contributed by atoms with E-state index in [-0.39, 0.29) is 11.9 Å². The van der Waals surface area contributed by atoms with E-state index in [0.717, 1.165) is 38.2 Å². The number of hydrogen-bond donors (Lipinski definition) is 1. The standard InChI is InChI=1S/C17H21ClN2O2/c18-13-9-11(3-4-15(13)20-6-1-2-7-20)17(21)19-14-10-16-12(14)5-8-22-16/h3-4,9,12,14,16H,1-2,5-8,10H2,(H,19,21)/t12-,14+,16+/m1/s1. The minimum Gasteiger partial charge on any atom is -0.378 e. The number of rotatable bonds is 3. The quantitative estimate of drug-likeness (QED) is 0.931. The fourth-order valence-corrected chi connectivity index (χ4v) is 4.18. The van der Waals surface area contributed by atoms with Crippen molar-refractivity contribution in [2.75, 3.05) is 24.6 Å². The molecule has 3 fully saturated rings. The molecule has 1 N–H and O–H groups in total. The van der Waals surface area contributed by atoms with Crippen LogP contribution in [0.4, 0.5) is 5.69 Å². The van der Waals surface area contributed by atoms with E-state index in [9.17, 15) is 4.79 Å². The third kappa shape index (κ3) is 2.48. The van der Waals surface area contributed by atoms with Crippen LogP contribution >= 0.6 is 11.6 Å². The first-order chi connectivity index (χ1) is 10.7. The smallest absolute Gasteiger partial charge is 0.251 e. The van der Waals surface area contributed by atoms with Gasteiger partial charge in [-0.2, -0.15) is 0 Å². The number of amides is 1. The number of anilines is 1. The van der Waals surface area contributed by atoms with Crippen LogP contribution in [-0.4, -0.2) is 37.7 Å². The number of ether oxygens (including phenoxy) is 1. The lowest BCUT2D eigenvalue weighted by molar-refractivity contribution is 0.00810. The van der Waals surface area contributed by atoms with E-state index >= 15 is 0 Å². The van der Waals surface area contributed by atoms with Gasteiger partial charge in [0.05, 0.1) is 16.8 Å². The first-order valence-corrected chi connectivity index (χ1v) is 8.57. The van der Waals surface area contributed by atoms with Crippen molar-refractivity contribution in [1.29, 1.82) is 0 Å². The molecule has 1 aliphatic carbocycles. The molecule has 0 radical (unpaired) electrons. The summed E-state index contributed by atoms with van der Waals surface area (Å²) in [6.07, 6.45) is 4.79. The van der Waals surface area contributed by atoms with Crippen molar-refractivity contribution in [1.82, 2.24) is 5.32 Å². The van der Waals surface area contributed by atoms with Gasteiger partial charge in [-0.15, -0.1) is 0 Å².